The van der Waals surface area contributed by atoms with Gasteiger partial charge in [0.05, 0.1) is 14.2 Å². The van der Waals surface area contributed by atoms with E-state index in [9.17, 15) is 9.18 Å². The van der Waals surface area contributed by atoms with E-state index in [-0.39, 0.29) is 11.7 Å². The minimum atomic E-state index is -0.299. The molecule has 0 fully saturated rings. The van der Waals surface area contributed by atoms with Gasteiger partial charge in [-0.1, -0.05) is 18.2 Å². The van der Waals surface area contributed by atoms with Crippen molar-refractivity contribution in [3.05, 3.63) is 71.6 Å². The number of halogens is 1. The van der Waals surface area contributed by atoms with Crippen molar-refractivity contribution >= 4 is 5.91 Å². The number of rotatable bonds is 7. The van der Waals surface area contributed by atoms with Gasteiger partial charge in [0.15, 0.2) is 11.5 Å². The largest absolute Gasteiger partial charge is 0.493 e. The van der Waals surface area contributed by atoms with Crippen LogP contribution in [0.1, 0.15) is 21.5 Å². The van der Waals surface area contributed by atoms with Crippen molar-refractivity contribution in [2.75, 3.05) is 21.3 Å². The lowest BCUT2D eigenvalue weighted by Crippen LogP contribution is -2.26. The van der Waals surface area contributed by atoms with Gasteiger partial charge < -0.3 is 14.4 Å². The number of benzene rings is 2. The highest BCUT2D eigenvalue weighted by molar-refractivity contribution is 5.95. The van der Waals surface area contributed by atoms with E-state index in [0.717, 1.165) is 11.1 Å². The summed E-state index contributed by atoms with van der Waals surface area (Å²) < 4.78 is 23.7. The maximum absolute atomic E-state index is 13.0. The van der Waals surface area contributed by atoms with Crippen molar-refractivity contribution in [3.8, 4) is 11.5 Å². The van der Waals surface area contributed by atoms with Crippen molar-refractivity contribution in [3.63, 3.8) is 0 Å². The average molecular weight is 343 g/mol. The van der Waals surface area contributed by atoms with Crippen LogP contribution in [-0.4, -0.2) is 32.1 Å². The Morgan fingerprint density at radius 2 is 1.88 bits per heavy atom. The third kappa shape index (κ3) is 4.38. The van der Waals surface area contributed by atoms with Crippen LogP contribution in [0.2, 0.25) is 0 Å². The fourth-order valence-electron chi connectivity index (χ4n) is 2.63. The Hall–Kier alpha value is -2.82. The lowest BCUT2D eigenvalue weighted by molar-refractivity contribution is 0.0784. The molecule has 0 aliphatic heterocycles. The van der Waals surface area contributed by atoms with Gasteiger partial charge in [-0.05, 0) is 36.2 Å². The van der Waals surface area contributed by atoms with E-state index in [2.05, 4.69) is 6.58 Å². The van der Waals surface area contributed by atoms with Crippen molar-refractivity contribution in [2.45, 2.75) is 13.0 Å². The molecule has 0 unspecified atom stereocenters. The summed E-state index contributed by atoms with van der Waals surface area (Å²) in [6.07, 6.45) is 2.30. The maximum atomic E-state index is 13.0. The molecular formula is C20H22FNO3. The normalized spacial score (nSPS) is 10.2. The first kappa shape index (κ1) is 18.5. The third-order valence-corrected chi connectivity index (χ3v) is 3.85. The molecule has 25 heavy (non-hydrogen) atoms. The van der Waals surface area contributed by atoms with E-state index in [1.807, 2.05) is 0 Å². The highest BCUT2D eigenvalue weighted by atomic mass is 19.1. The predicted octanol–water partition coefficient (Wildman–Crippen LogP) is 3.84. The van der Waals surface area contributed by atoms with Crippen LogP contribution in [-0.2, 0) is 13.0 Å². The number of hydrogen-bond donors (Lipinski definition) is 0. The van der Waals surface area contributed by atoms with Crippen LogP contribution in [0.15, 0.2) is 49.1 Å². The van der Waals surface area contributed by atoms with Gasteiger partial charge in [-0.15, -0.1) is 6.58 Å². The molecule has 5 heteroatoms. The monoisotopic (exact) mass is 343 g/mol. The highest BCUT2D eigenvalue weighted by Crippen LogP contribution is 2.33. The minimum Gasteiger partial charge on any atom is -0.493 e. The SMILES string of the molecule is C=CCc1cc(C(=O)N(C)Cc2ccc(F)cc2)cc(OC)c1OC. The summed E-state index contributed by atoms with van der Waals surface area (Å²) in [5.74, 6) is 0.641. The lowest BCUT2D eigenvalue weighted by Gasteiger charge is -2.19. The van der Waals surface area contributed by atoms with Crippen LogP contribution in [0.3, 0.4) is 0 Å². The Bertz CT molecular complexity index is 756. The number of hydrogen-bond acceptors (Lipinski definition) is 3. The summed E-state index contributed by atoms with van der Waals surface area (Å²) >= 11 is 0. The molecule has 4 nitrogen and oxygen atoms in total. The topological polar surface area (TPSA) is 38.8 Å². The Labute approximate surface area is 147 Å². The number of carbonyl (C=O) groups excluding carboxylic acids is 1. The zero-order valence-electron chi connectivity index (χ0n) is 14.7. The van der Waals surface area contributed by atoms with E-state index in [1.54, 1.807) is 49.4 Å². The van der Waals surface area contributed by atoms with Gasteiger partial charge in [-0.2, -0.15) is 0 Å². The second-order valence-electron chi connectivity index (χ2n) is 5.65. The Morgan fingerprint density at radius 1 is 1.20 bits per heavy atom. The van der Waals surface area contributed by atoms with Gasteiger partial charge in [0.1, 0.15) is 5.82 Å². The summed E-state index contributed by atoms with van der Waals surface area (Å²) in [6, 6.07) is 9.54. The Balaban J connectivity index is 2.29. The molecule has 0 saturated carbocycles. The van der Waals surface area contributed by atoms with E-state index in [0.29, 0.717) is 30.0 Å². The zero-order chi connectivity index (χ0) is 18.4. The first-order valence-electron chi connectivity index (χ1n) is 7.85. The van der Waals surface area contributed by atoms with E-state index >= 15 is 0 Å². The lowest BCUT2D eigenvalue weighted by atomic mass is 10.0. The highest BCUT2D eigenvalue weighted by Gasteiger charge is 2.18. The summed E-state index contributed by atoms with van der Waals surface area (Å²) in [5.41, 5.74) is 2.18. The van der Waals surface area contributed by atoms with Crippen molar-refractivity contribution in [1.29, 1.82) is 0 Å². The number of nitrogens with zero attached hydrogens (tertiary/aromatic N) is 1. The second kappa shape index (κ2) is 8.33. The average Bonchev–Trinajstić information content (AvgIpc) is 2.62. The van der Waals surface area contributed by atoms with Crippen LogP contribution < -0.4 is 9.47 Å². The fraction of sp³-hybridized carbons (Fsp3) is 0.250. The number of allylic oxidation sites excluding steroid dienone is 1. The summed E-state index contributed by atoms with van der Waals surface area (Å²) in [6.45, 7) is 4.12. The number of methoxy groups -OCH3 is 2. The number of amides is 1. The van der Waals surface area contributed by atoms with E-state index in [4.69, 9.17) is 9.47 Å². The van der Waals surface area contributed by atoms with Crippen LogP contribution in [0.25, 0.3) is 0 Å². The first-order valence-corrected chi connectivity index (χ1v) is 7.85. The molecule has 0 N–H and O–H groups in total. The molecule has 0 spiro atoms. The van der Waals surface area contributed by atoms with Crippen molar-refractivity contribution in [2.24, 2.45) is 0 Å². The molecular weight excluding hydrogens is 321 g/mol. The van der Waals surface area contributed by atoms with Gasteiger partial charge in [-0.3, -0.25) is 4.79 Å². The van der Waals surface area contributed by atoms with Crippen LogP contribution in [0, 0.1) is 5.82 Å². The van der Waals surface area contributed by atoms with E-state index < -0.39 is 0 Å². The molecule has 0 atom stereocenters. The number of carbonyl (C=O) groups is 1. The molecule has 1 amide bonds. The molecule has 0 aliphatic carbocycles. The molecule has 2 aromatic rings. The molecule has 0 saturated heterocycles. The zero-order valence-corrected chi connectivity index (χ0v) is 14.7. The first-order chi connectivity index (χ1) is 12.0. The molecule has 0 aromatic heterocycles. The van der Waals surface area contributed by atoms with Gasteiger partial charge in [0, 0.05) is 24.7 Å². The summed E-state index contributed by atoms with van der Waals surface area (Å²) in [4.78, 5) is 14.3. The Kier molecular flexibility index (Phi) is 6.17. The summed E-state index contributed by atoms with van der Waals surface area (Å²) in [7, 11) is 4.80. The molecule has 132 valence electrons. The quantitative estimate of drug-likeness (QED) is 0.717. The predicted molar refractivity (Wildman–Crippen MR) is 95.6 cm³/mol. The molecule has 0 bridgehead atoms. The molecule has 0 heterocycles. The van der Waals surface area contributed by atoms with Crippen molar-refractivity contribution in [1.82, 2.24) is 4.90 Å². The molecule has 2 rings (SSSR count). The molecule has 2 aromatic carbocycles. The Morgan fingerprint density at radius 3 is 2.44 bits per heavy atom. The maximum Gasteiger partial charge on any atom is 0.254 e. The van der Waals surface area contributed by atoms with Crippen molar-refractivity contribution < 1.29 is 18.7 Å². The standard InChI is InChI=1S/C20H22FNO3/c1-5-6-15-11-16(12-18(24-3)19(15)25-4)20(23)22(2)13-14-7-9-17(21)10-8-14/h5,7-12H,1,6,13H2,2-4H3. The smallest absolute Gasteiger partial charge is 0.254 e. The fourth-order valence-corrected chi connectivity index (χ4v) is 2.63. The molecule has 0 radical (unpaired) electrons. The number of ether oxygens (including phenoxy) is 2. The van der Waals surface area contributed by atoms with Gasteiger partial charge >= 0.3 is 0 Å². The molecule has 0 aliphatic rings. The van der Waals surface area contributed by atoms with Crippen LogP contribution in [0.4, 0.5) is 4.39 Å². The summed E-state index contributed by atoms with van der Waals surface area (Å²) in [5, 5.41) is 0. The minimum absolute atomic E-state index is 0.157. The second-order valence-corrected chi connectivity index (χ2v) is 5.65. The van der Waals surface area contributed by atoms with E-state index in [1.165, 1.54) is 19.2 Å². The third-order valence-electron chi connectivity index (χ3n) is 3.85. The van der Waals surface area contributed by atoms with Crippen LogP contribution in [0.5, 0.6) is 11.5 Å². The van der Waals surface area contributed by atoms with Gasteiger partial charge in [0.25, 0.3) is 5.91 Å². The van der Waals surface area contributed by atoms with Gasteiger partial charge in [-0.25, -0.2) is 4.39 Å². The van der Waals surface area contributed by atoms with Crippen LogP contribution >= 0.6 is 0 Å². The van der Waals surface area contributed by atoms with Gasteiger partial charge in [0.2, 0.25) is 0 Å².